The Kier molecular flexibility index (Phi) is 7.33. The van der Waals surface area contributed by atoms with Crippen LogP contribution in [0.2, 0.25) is 0 Å². The minimum absolute atomic E-state index is 0. The molecule has 0 N–H and O–H groups in total. The van der Waals surface area contributed by atoms with Crippen LogP contribution in [0.5, 0.6) is 0 Å². The van der Waals surface area contributed by atoms with Crippen molar-refractivity contribution in [3.05, 3.63) is 0 Å². The quantitative estimate of drug-likeness (QED) is 0.459. The summed E-state index contributed by atoms with van der Waals surface area (Å²) in [5, 5.41) is 8.59. The SMILES string of the molecule is CC(Cl)C(=O)[O-].[Tl+]. The van der Waals surface area contributed by atoms with Crippen LogP contribution in [0.4, 0.5) is 0 Å². The third kappa shape index (κ3) is 6.68. The molecule has 0 aromatic carbocycles. The molecule has 2 nitrogen and oxygen atoms in total. The summed E-state index contributed by atoms with van der Waals surface area (Å²) < 4.78 is 0. The van der Waals surface area contributed by atoms with Crippen LogP contribution in [-0.4, -0.2) is 38.6 Å². The van der Waals surface area contributed by atoms with E-state index in [4.69, 9.17) is 11.6 Å². The number of carboxylic acids is 1. The van der Waals surface area contributed by atoms with Gasteiger partial charge in [-0.05, 0) is 6.92 Å². The van der Waals surface area contributed by atoms with Gasteiger partial charge < -0.3 is 9.90 Å². The van der Waals surface area contributed by atoms with Gasteiger partial charge in [-0.2, -0.15) is 0 Å². The van der Waals surface area contributed by atoms with E-state index >= 15 is 0 Å². The molecule has 0 aliphatic heterocycles. The second-order valence-corrected chi connectivity index (χ2v) is 1.59. The number of hydrogen-bond acceptors (Lipinski definition) is 2. The Morgan fingerprint density at radius 1 is 1.86 bits per heavy atom. The van der Waals surface area contributed by atoms with Crippen LogP contribution in [0.3, 0.4) is 0 Å². The number of hydrogen-bond donors (Lipinski definition) is 0. The fourth-order valence-corrected chi connectivity index (χ4v) is 0. The molecule has 0 amide bonds. The largest absolute Gasteiger partial charge is 1.00 e. The van der Waals surface area contributed by atoms with Crippen LogP contribution in [0.15, 0.2) is 0 Å². The maximum absolute atomic E-state index is 9.46. The summed E-state index contributed by atoms with van der Waals surface area (Å²) in [6.07, 6.45) is 0. The number of carbonyl (C=O) groups excluding carboxylic acids is 1. The Balaban J connectivity index is 0. The van der Waals surface area contributed by atoms with Crippen LogP contribution < -0.4 is 5.11 Å². The fraction of sp³-hybridized carbons (Fsp3) is 0.667. The second-order valence-electron chi connectivity index (χ2n) is 0.935. The van der Waals surface area contributed by atoms with Gasteiger partial charge in [-0.25, -0.2) is 0 Å². The first-order valence-electron chi connectivity index (χ1n) is 1.49. The Morgan fingerprint density at radius 3 is 2.00 bits per heavy atom. The molecule has 7 heavy (non-hydrogen) atoms. The predicted octanol–water partition coefficient (Wildman–Crippen LogP) is -1.02. The second kappa shape index (κ2) is 4.83. The molecule has 0 aromatic heterocycles. The van der Waals surface area contributed by atoms with Gasteiger partial charge in [-0.3, -0.25) is 0 Å². The van der Waals surface area contributed by atoms with Crippen molar-refractivity contribution >= 4 is 44.9 Å². The molecule has 0 bridgehead atoms. The van der Waals surface area contributed by atoms with Gasteiger partial charge in [0.2, 0.25) is 0 Å². The molecular formula is C3H4ClO2Tl. The fourth-order valence-electron chi connectivity index (χ4n) is 0. The molecule has 0 spiro atoms. The van der Waals surface area contributed by atoms with Gasteiger partial charge in [-0.15, -0.1) is 11.6 Å². The number of aliphatic carboxylic acids is 1. The first-order valence-corrected chi connectivity index (χ1v) is 1.93. The van der Waals surface area contributed by atoms with Crippen LogP contribution >= 0.6 is 11.6 Å². The summed E-state index contributed by atoms with van der Waals surface area (Å²) in [5.74, 6) is -1.23. The maximum Gasteiger partial charge on any atom is 1.00 e. The Labute approximate surface area is 67.0 Å². The molecule has 0 aromatic rings. The molecule has 0 saturated heterocycles. The first kappa shape index (κ1) is 10.6. The molecule has 4 heteroatoms. The molecule has 1 unspecified atom stereocenters. The zero-order valence-corrected chi connectivity index (χ0v) is 9.09. The van der Waals surface area contributed by atoms with Gasteiger partial charge in [-0.1, -0.05) is 0 Å². The van der Waals surface area contributed by atoms with E-state index in [9.17, 15) is 9.90 Å². The number of carbonyl (C=O) groups is 1. The van der Waals surface area contributed by atoms with Crippen LogP contribution in [-0.2, 0) is 4.79 Å². The summed E-state index contributed by atoms with van der Waals surface area (Å²) in [6, 6.07) is 0. The Bertz CT molecular complexity index is 64.0. The smallest absolute Gasteiger partial charge is 0.549 e. The average Bonchev–Trinajstić information content (AvgIpc) is 1.36. The van der Waals surface area contributed by atoms with E-state index in [1.807, 2.05) is 0 Å². The Morgan fingerprint density at radius 2 is 2.00 bits per heavy atom. The average molecular weight is 312 g/mol. The van der Waals surface area contributed by atoms with E-state index in [0.29, 0.717) is 0 Å². The minimum atomic E-state index is -1.23. The predicted molar refractivity (Wildman–Crippen MR) is 26.1 cm³/mol. The summed E-state index contributed by atoms with van der Waals surface area (Å²) in [4.78, 5) is 9.46. The van der Waals surface area contributed by atoms with E-state index < -0.39 is 11.3 Å². The molecule has 0 fully saturated rings. The third-order valence-corrected chi connectivity index (χ3v) is 0.503. The molecule has 0 aliphatic carbocycles. The van der Waals surface area contributed by atoms with Crippen LogP contribution in [0, 0.1) is 0 Å². The van der Waals surface area contributed by atoms with Crippen molar-refractivity contribution in [2.75, 3.05) is 0 Å². The van der Waals surface area contributed by atoms with E-state index in [1.54, 1.807) is 0 Å². The van der Waals surface area contributed by atoms with Crippen LogP contribution in [0.1, 0.15) is 6.92 Å². The standard InChI is InChI=1S/C3H5ClO2.Tl/c1-2(4)3(5)6;/h2H,1H3,(H,5,6);/q;+1/p-1. The molecule has 0 rings (SSSR count). The van der Waals surface area contributed by atoms with Gasteiger partial charge in [0.25, 0.3) is 0 Å². The molecule has 1 atom stereocenters. The van der Waals surface area contributed by atoms with Gasteiger partial charge in [0.05, 0.1) is 11.3 Å². The zero-order chi connectivity index (χ0) is 5.15. The van der Waals surface area contributed by atoms with E-state index in [-0.39, 0.29) is 27.3 Å². The third-order valence-electron chi connectivity index (χ3n) is 0.325. The number of halogens is 1. The van der Waals surface area contributed by atoms with E-state index in [1.165, 1.54) is 6.92 Å². The molecule has 0 heterocycles. The van der Waals surface area contributed by atoms with Crippen molar-refractivity contribution < 1.29 is 9.90 Å². The van der Waals surface area contributed by atoms with Crippen molar-refractivity contribution in [3.63, 3.8) is 0 Å². The first-order chi connectivity index (χ1) is 2.64. The van der Waals surface area contributed by atoms with Crippen molar-refractivity contribution in [2.24, 2.45) is 0 Å². The van der Waals surface area contributed by atoms with Crippen LogP contribution in [0.25, 0.3) is 0 Å². The molecule has 0 radical (unpaired) electrons. The van der Waals surface area contributed by atoms with Crippen molar-refractivity contribution in [1.82, 2.24) is 0 Å². The van der Waals surface area contributed by atoms with Gasteiger partial charge in [0.1, 0.15) is 0 Å². The number of rotatable bonds is 1. The minimum Gasteiger partial charge on any atom is -0.549 e. The molecular weight excluding hydrogens is 308 g/mol. The van der Waals surface area contributed by atoms with Crippen molar-refractivity contribution in [2.45, 2.75) is 12.3 Å². The van der Waals surface area contributed by atoms with Gasteiger partial charge in [0.15, 0.2) is 0 Å². The molecule has 0 aliphatic rings. The summed E-state index contributed by atoms with van der Waals surface area (Å²) >= 11 is 4.95. The molecule has 0 saturated carbocycles. The van der Waals surface area contributed by atoms with Gasteiger partial charge >= 0.3 is 27.3 Å². The summed E-state index contributed by atoms with van der Waals surface area (Å²) in [6.45, 7) is 1.34. The Hall–Kier alpha value is 0.682. The van der Waals surface area contributed by atoms with Gasteiger partial charge in [0, 0.05) is 0 Å². The monoisotopic (exact) mass is 312 g/mol. The molecule has 38 valence electrons. The van der Waals surface area contributed by atoms with E-state index in [0.717, 1.165) is 0 Å². The topological polar surface area (TPSA) is 40.1 Å². The number of carboxylic acid groups (broad SMARTS) is 1. The summed E-state index contributed by atoms with van der Waals surface area (Å²) in [7, 11) is 0. The van der Waals surface area contributed by atoms with Crippen molar-refractivity contribution in [1.29, 1.82) is 0 Å². The zero-order valence-electron chi connectivity index (χ0n) is 3.85. The summed E-state index contributed by atoms with van der Waals surface area (Å²) in [5.41, 5.74) is 0. The van der Waals surface area contributed by atoms with Crippen molar-refractivity contribution in [3.8, 4) is 0 Å². The normalized spacial score (nSPS) is 11.7. The number of alkyl halides is 1. The van der Waals surface area contributed by atoms with E-state index in [2.05, 4.69) is 0 Å². The maximum atomic E-state index is 9.46.